The fraction of sp³-hybridized carbons (Fsp3) is 0.133. The summed E-state index contributed by atoms with van der Waals surface area (Å²) >= 11 is 1.51. The van der Waals surface area contributed by atoms with Crippen molar-refractivity contribution in [3.63, 3.8) is 0 Å². The van der Waals surface area contributed by atoms with Crippen LogP contribution in [0.4, 0.5) is 0 Å². The molecule has 194 valence electrons. The molecule has 0 spiro atoms. The molecule has 3 heterocycles. The Balaban J connectivity index is 1.43. The second-order valence-electron chi connectivity index (χ2n) is 9.21. The quantitative estimate of drug-likeness (QED) is 0.301. The Labute approximate surface area is 226 Å². The molecule has 0 aliphatic heterocycles. The molecule has 0 saturated carbocycles. The van der Waals surface area contributed by atoms with Crippen molar-refractivity contribution in [3.8, 4) is 28.2 Å². The fourth-order valence-corrected chi connectivity index (χ4v) is 6.01. The van der Waals surface area contributed by atoms with E-state index in [-0.39, 0.29) is 11.2 Å². The first-order valence-electron chi connectivity index (χ1n) is 12.6. The highest BCUT2D eigenvalue weighted by Gasteiger charge is 2.18. The summed E-state index contributed by atoms with van der Waals surface area (Å²) in [6.07, 6.45) is 1.80. The average molecular weight is 537 g/mol. The van der Waals surface area contributed by atoms with Crippen LogP contribution in [0.5, 0.6) is 0 Å². The molecule has 0 aliphatic rings. The molecule has 0 amide bonds. The molecule has 9 heteroatoms. The number of rotatable bonds is 7. The van der Waals surface area contributed by atoms with Gasteiger partial charge in [-0.1, -0.05) is 85.2 Å². The minimum atomic E-state index is -0.612. The maximum Gasteiger partial charge on any atom is 0.439 e. The van der Waals surface area contributed by atoms with E-state index >= 15 is 0 Å². The summed E-state index contributed by atoms with van der Waals surface area (Å²) in [6.45, 7) is 2.41. The molecule has 3 aromatic carbocycles. The largest absolute Gasteiger partial charge is 0.439 e. The van der Waals surface area contributed by atoms with Crippen molar-refractivity contribution >= 4 is 21.6 Å². The van der Waals surface area contributed by atoms with E-state index in [0.717, 1.165) is 40.0 Å². The van der Waals surface area contributed by atoms with Crippen molar-refractivity contribution in [2.24, 2.45) is 0 Å². The number of nitrogens with one attached hydrogen (secondary N) is 1. The number of para-hydroxylation sites is 1. The first kappa shape index (κ1) is 24.6. The number of hydrogen-bond donors (Lipinski definition) is 1. The molecule has 39 heavy (non-hydrogen) atoms. The Hall–Kier alpha value is -4.76. The van der Waals surface area contributed by atoms with Crippen LogP contribution in [0.2, 0.25) is 0 Å². The number of benzene rings is 3. The molecule has 0 radical (unpaired) electrons. The Morgan fingerprint density at radius 2 is 1.62 bits per heavy atom. The van der Waals surface area contributed by atoms with Crippen molar-refractivity contribution in [2.75, 3.05) is 0 Å². The summed E-state index contributed by atoms with van der Waals surface area (Å²) in [6, 6.07) is 26.4. The summed E-state index contributed by atoms with van der Waals surface area (Å²) in [4.78, 5) is 43.1. The van der Waals surface area contributed by atoms with Crippen molar-refractivity contribution < 1.29 is 4.52 Å². The molecule has 8 nitrogen and oxygen atoms in total. The van der Waals surface area contributed by atoms with Gasteiger partial charge < -0.3 is 0 Å². The van der Waals surface area contributed by atoms with E-state index in [2.05, 4.69) is 17.1 Å². The molecule has 0 unspecified atom stereocenters. The molecule has 1 N–H and O–H groups in total. The van der Waals surface area contributed by atoms with Crippen LogP contribution in [0.25, 0.3) is 38.4 Å². The maximum atomic E-state index is 13.8. The SMILES string of the molecule is CCCc1cc2c(=O)n(-c3ccccc3)c(=O)n(Cc3ccc(-c4ccccc4-c4noc(=O)[nH]4)cc3)c2s1. The highest BCUT2D eigenvalue weighted by atomic mass is 32.1. The lowest BCUT2D eigenvalue weighted by molar-refractivity contribution is 0.388. The van der Waals surface area contributed by atoms with E-state index in [0.29, 0.717) is 28.3 Å². The minimum absolute atomic E-state index is 0.297. The van der Waals surface area contributed by atoms with Gasteiger partial charge in [0.15, 0.2) is 5.82 Å². The van der Waals surface area contributed by atoms with Gasteiger partial charge in [-0.3, -0.25) is 18.9 Å². The summed E-state index contributed by atoms with van der Waals surface area (Å²) in [5, 5.41) is 4.39. The summed E-state index contributed by atoms with van der Waals surface area (Å²) in [5.74, 6) is -0.253. The van der Waals surface area contributed by atoms with E-state index in [1.165, 1.54) is 15.9 Å². The number of hydrogen-bond acceptors (Lipinski definition) is 6. The Kier molecular flexibility index (Phi) is 6.42. The number of fused-ring (bicyclic) bond motifs is 1. The number of H-pyrrole nitrogens is 1. The van der Waals surface area contributed by atoms with Gasteiger partial charge in [-0.2, -0.15) is 0 Å². The van der Waals surface area contributed by atoms with E-state index in [1.807, 2.05) is 72.8 Å². The highest BCUT2D eigenvalue weighted by Crippen LogP contribution is 2.30. The molecule has 6 rings (SSSR count). The van der Waals surface area contributed by atoms with Gasteiger partial charge in [-0.05, 0) is 41.3 Å². The second kappa shape index (κ2) is 10.2. The Bertz CT molecular complexity index is 1960. The number of nitrogens with zero attached hydrogens (tertiary/aromatic N) is 3. The molecular weight excluding hydrogens is 512 g/mol. The van der Waals surface area contributed by atoms with Gasteiger partial charge in [0.25, 0.3) is 5.56 Å². The van der Waals surface area contributed by atoms with E-state index in [9.17, 15) is 14.4 Å². The van der Waals surface area contributed by atoms with Crippen LogP contribution in [0.15, 0.2) is 104 Å². The lowest BCUT2D eigenvalue weighted by atomic mass is 9.98. The van der Waals surface area contributed by atoms with Crippen LogP contribution in [-0.4, -0.2) is 19.3 Å². The molecule has 0 atom stereocenters. The summed E-state index contributed by atoms with van der Waals surface area (Å²) < 4.78 is 7.64. The summed E-state index contributed by atoms with van der Waals surface area (Å²) in [5.41, 5.74) is 3.34. The highest BCUT2D eigenvalue weighted by molar-refractivity contribution is 7.18. The minimum Gasteiger partial charge on any atom is -0.296 e. The molecular formula is C30H24N4O4S. The lowest BCUT2D eigenvalue weighted by Crippen LogP contribution is -2.38. The van der Waals surface area contributed by atoms with Gasteiger partial charge in [0, 0.05) is 10.4 Å². The Morgan fingerprint density at radius 1 is 0.897 bits per heavy atom. The van der Waals surface area contributed by atoms with Gasteiger partial charge in [-0.25, -0.2) is 14.2 Å². The van der Waals surface area contributed by atoms with Crippen LogP contribution >= 0.6 is 11.3 Å². The van der Waals surface area contributed by atoms with Gasteiger partial charge in [-0.15, -0.1) is 11.3 Å². The third kappa shape index (κ3) is 4.57. The molecule has 6 aromatic rings. The lowest BCUT2D eigenvalue weighted by Gasteiger charge is -2.13. The van der Waals surface area contributed by atoms with Crippen molar-refractivity contribution in [1.29, 1.82) is 0 Å². The number of aryl methyl sites for hydroxylation is 1. The molecule has 0 bridgehead atoms. The van der Waals surface area contributed by atoms with Crippen LogP contribution in [-0.2, 0) is 13.0 Å². The van der Waals surface area contributed by atoms with E-state index in [4.69, 9.17) is 4.52 Å². The normalized spacial score (nSPS) is 11.3. The van der Waals surface area contributed by atoms with Crippen LogP contribution in [0, 0.1) is 0 Å². The number of thiophene rings is 1. The summed E-state index contributed by atoms with van der Waals surface area (Å²) in [7, 11) is 0. The molecule has 0 aliphatic carbocycles. The zero-order chi connectivity index (χ0) is 26.9. The monoisotopic (exact) mass is 536 g/mol. The van der Waals surface area contributed by atoms with Gasteiger partial charge in [0.05, 0.1) is 17.6 Å². The second-order valence-corrected chi connectivity index (χ2v) is 10.3. The standard InChI is InChI=1S/C30H24N4O4S/c1-2-8-22-17-25-27(35)34(21-9-4-3-5-10-21)30(37)33(28(25)39-22)18-19-13-15-20(16-14-19)23-11-6-7-12-24(23)26-31-29(36)38-32-26/h3-7,9-17H,2,8,18H2,1H3,(H,31,32,36). The third-order valence-electron chi connectivity index (χ3n) is 6.60. The van der Waals surface area contributed by atoms with Crippen molar-refractivity contribution in [2.45, 2.75) is 26.3 Å². The molecule has 0 saturated heterocycles. The zero-order valence-electron chi connectivity index (χ0n) is 21.1. The molecule has 0 fully saturated rings. The van der Waals surface area contributed by atoms with Gasteiger partial charge in [0.1, 0.15) is 4.83 Å². The van der Waals surface area contributed by atoms with E-state index in [1.54, 1.807) is 16.7 Å². The fourth-order valence-electron chi connectivity index (χ4n) is 4.77. The predicted octanol–water partition coefficient (Wildman–Crippen LogP) is 5.23. The third-order valence-corrected chi connectivity index (χ3v) is 7.82. The van der Waals surface area contributed by atoms with Crippen LogP contribution in [0.1, 0.15) is 23.8 Å². The maximum absolute atomic E-state index is 13.8. The van der Waals surface area contributed by atoms with Gasteiger partial charge in [0.2, 0.25) is 0 Å². The van der Waals surface area contributed by atoms with Crippen LogP contribution in [0.3, 0.4) is 0 Å². The zero-order valence-corrected chi connectivity index (χ0v) is 21.9. The first-order chi connectivity index (χ1) is 19.0. The number of aromatic amines is 1. The van der Waals surface area contributed by atoms with Gasteiger partial charge >= 0.3 is 11.4 Å². The van der Waals surface area contributed by atoms with Crippen molar-refractivity contribution in [3.05, 3.63) is 127 Å². The van der Waals surface area contributed by atoms with Crippen molar-refractivity contribution in [1.82, 2.24) is 19.3 Å². The smallest absolute Gasteiger partial charge is 0.296 e. The van der Waals surface area contributed by atoms with E-state index < -0.39 is 5.76 Å². The Morgan fingerprint density at radius 3 is 2.31 bits per heavy atom. The first-order valence-corrected chi connectivity index (χ1v) is 13.4. The average Bonchev–Trinajstić information content (AvgIpc) is 3.59. The topological polar surface area (TPSA) is 103 Å². The number of aromatic nitrogens is 4. The van der Waals surface area contributed by atoms with Crippen LogP contribution < -0.4 is 17.0 Å². The predicted molar refractivity (Wildman–Crippen MR) is 153 cm³/mol. The molecule has 3 aromatic heterocycles.